The van der Waals surface area contributed by atoms with Gasteiger partial charge in [-0.15, -0.1) is 0 Å². The van der Waals surface area contributed by atoms with Gasteiger partial charge in [0.05, 0.1) is 18.2 Å². The minimum absolute atomic E-state index is 0.147. The number of ether oxygens (including phenoxy) is 3. The van der Waals surface area contributed by atoms with Crippen molar-refractivity contribution >= 4 is 11.8 Å². The van der Waals surface area contributed by atoms with Crippen LogP contribution < -0.4 is 14.2 Å². The molecule has 1 heterocycles. The van der Waals surface area contributed by atoms with E-state index < -0.39 is 5.97 Å². The Morgan fingerprint density at radius 2 is 1.72 bits per heavy atom. The van der Waals surface area contributed by atoms with Crippen molar-refractivity contribution in [3.8, 4) is 17.2 Å². The molecule has 0 saturated heterocycles. The zero-order valence-corrected chi connectivity index (χ0v) is 14.5. The fourth-order valence-electron chi connectivity index (χ4n) is 2.58. The quantitative estimate of drug-likeness (QED) is 0.479. The zero-order chi connectivity index (χ0) is 18.1. The molecular formula is C20H18O5. The first kappa shape index (κ1) is 16.8. The van der Waals surface area contributed by atoms with Crippen LogP contribution in [0.3, 0.4) is 0 Å². The van der Waals surface area contributed by atoms with Gasteiger partial charge in [-0.3, -0.25) is 4.79 Å². The molecule has 2 aromatic rings. The normalized spacial score (nSPS) is 12.5. The molecule has 0 unspecified atom stereocenters. The Kier molecular flexibility index (Phi) is 4.31. The summed E-state index contributed by atoms with van der Waals surface area (Å²) in [5.41, 5.74) is 2.31. The predicted molar refractivity (Wildman–Crippen MR) is 92.5 cm³/mol. The summed E-state index contributed by atoms with van der Waals surface area (Å²) in [7, 11) is 1.56. The third-order valence-electron chi connectivity index (χ3n) is 3.99. The first-order valence-electron chi connectivity index (χ1n) is 7.82. The van der Waals surface area contributed by atoms with Gasteiger partial charge in [-0.1, -0.05) is 0 Å². The molecule has 128 valence electrons. The maximum atomic E-state index is 12.3. The highest BCUT2D eigenvalue weighted by atomic mass is 16.5. The molecule has 0 N–H and O–H groups in total. The molecule has 3 rings (SSSR count). The molecule has 1 aliphatic heterocycles. The van der Waals surface area contributed by atoms with Crippen molar-refractivity contribution in [2.24, 2.45) is 0 Å². The zero-order valence-electron chi connectivity index (χ0n) is 14.5. The van der Waals surface area contributed by atoms with Gasteiger partial charge in [0.1, 0.15) is 17.2 Å². The lowest BCUT2D eigenvalue weighted by Crippen LogP contribution is -2.09. The number of Topliss-reactive ketones (excluding diaryl/α,β-unsaturated/α-hetero) is 1. The van der Waals surface area contributed by atoms with Gasteiger partial charge in [0.15, 0.2) is 5.76 Å². The average molecular weight is 338 g/mol. The molecule has 0 bridgehead atoms. The van der Waals surface area contributed by atoms with E-state index in [9.17, 15) is 9.59 Å². The topological polar surface area (TPSA) is 61.8 Å². The second kappa shape index (κ2) is 6.43. The Morgan fingerprint density at radius 1 is 1.04 bits per heavy atom. The van der Waals surface area contributed by atoms with E-state index in [1.807, 2.05) is 13.8 Å². The summed E-state index contributed by atoms with van der Waals surface area (Å²) in [6.07, 6.45) is 0. The second-order valence-electron chi connectivity index (χ2n) is 5.94. The summed E-state index contributed by atoms with van der Waals surface area (Å²) in [6.45, 7) is 5.40. The van der Waals surface area contributed by atoms with E-state index in [0.29, 0.717) is 39.7 Å². The lowest BCUT2D eigenvalue weighted by Gasteiger charge is -2.10. The van der Waals surface area contributed by atoms with Crippen LogP contribution in [0.25, 0.3) is 0 Å². The molecule has 0 fully saturated rings. The van der Waals surface area contributed by atoms with Crippen LogP contribution in [-0.2, 0) is 0 Å². The molecule has 0 aromatic heterocycles. The standard InChI is InChI=1S/C20H18O5/c1-11(2)18-17(21)15-9-10-16(12(3)19(15)25-18)24-20(22)13-5-7-14(23-4)8-6-13/h5-10H,1-4H3. The summed E-state index contributed by atoms with van der Waals surface area (Å²) >= 11 is 0. The van der Waals surface area contributed by atoms with E-state index in [1.165, 1.54) is 0 Å². The smallest absolute Gasteiger partial charge is 0.343 e. The van der Waals surface area contributed by atoms with Crippen molar-refractivity contribution in [2.75, 3.05) is 7.11 Å². The summed E-state index contributed by atoms with van der Waals surface area (Å²) in [5.74, 6) is 1.16. The summed E-state index contributed by atoms with van der Waals surface area (Å²) in [4.78, 5) is 24.6. The molecule has 1 aliphatic rings. The Bertz CT molecular complexity index is 887. The number of rotatable bonds is 3. The Morgan fingerprint density at radius 3 is 2.32 bits per heavy atom. The maximum absolute atomic E-state index is 12.3. The fraction of sp³-hybridized carbons (Fsp3) is 0.200. The number of allylic oxidation sites excluding steroid dienone is 2. The minimum atomic E-state index is -0.488. The SMILES string of the molecule is COc1ccc(C(=O)Oc2ccc3c(c2C)OC(=C(C)C)C3=O)cc1. The molecule has 0 radical (unpaired) electrons. The highest BCUT2D eigenvalue weighted by Crippen LogP contribution is 2.39. The molecule has 5 heteroatoms. The van der Waals surface area contributed by atoms with E-state index >= 15 is 0 Å². The van der Waals surface area contributed by atoms with Crippen LogP contribution in [0, 0.1) is 6.92 Å². The molecular weight excluding hydrogens is 320 g/mol. The Balaban J connectivity index is 1.88. The molecule has 0 atom stereocenters. The number of hydrogen-bond donors (Lipinski definition) is 0. The van der Waals surface area contributed by atoms with E-state index in [-0.39, 0.29) is 5.78 Å². The summed E-state index contributed by atoms with van der Waals surface area (Å²) in [6, 6.07) is 9.88. The number of methoxy groups -OCH3 is 1. The average Bonchev–Trinajstić information content (AvgIpc) is 2.95. The van der Waals surface area contributed by atoms with Crippen molar-refractivity contribution in [1.29, 1.82) is 0 Å². The highest BCUT2D eigenvalue weighted by molar-refractivity contribution is 6.13. The number of fused-ring (bicyclic) bond motifs is 1. The van der Waals surface area contributed by atoms with Gasteiger partial charge in [-0.2, -0.15) is 0 Å². The molecule has 0 amide bonds. The van der Waals surface area contributed by atoms with Crippen molar-refractivity contribution < 1.29 is 23.8 Å². The lowest BCUT2D eigenvalue weighted by atomic mass is 10.1. The fourth-order valence-corrected chi connectivity index (χ4v) is 2.58. The van der Waals surface area contributed by atoms with Crippen LogP contribution in [0.4, 0.5) is 0 Å². The van der Waals surface area contributed by atoms with E-state index in [4.69, 9.17) is 14.2 Å². The van der Waals surface area contributed by atoms with E-state index in [1.54, 1.807) is 50.4 Å². The van der Waals surface area contributed by atoms with Gasteiger partial charge in [-0.05, 0) is 62.7 Å². The van der Waals surface area contributed by atoms with E-state index in [0.717, 1.165) is 5.57 Å². The van der Waals surface area contributed by atoms with Crippen molar-refractivity contribution in [1.82, 2.24) is 0 Å². The van der Waals surface area contributed by atoms with Crippen LogP contribution >= 0.6 is 0 Å². The largest absolute Gasteiger partial charge is 0.497 e. The predicted octanol–water partition coefficient (Wildman–Crippen LogP) is 4.09. The molecule has 2 aromatic carbocycles. The number of esters is 1. The highest BCUT2D eigenvalue weighted by Gasteiger charge is 2.31. The van der Waals surface area contributed by atoms with Gasteiger partial charge in [-0.25, -0.2) is 4.79 Å². The van der Waals surface area contributed by atoms with Crippen LogP contribution in [-0.4, -0.2) is 18.9 Å². The van der Waals surface area contributed by atoms with Crippen LogP contribution in [0.15, 0.2) is 47.7 Å². The van der Waals surface area contributed by atoms with Crippen molar-refractivity contribution in [3.05, 3.63) is 64.4 Å². The van der Waals surface area contributed by atoms with Gasteiger partial charge in [0.2, 0.25) is 5.78 Å². The van der Waals surface area contributed by atoms with Crippen LogP contribution in [0.5, 0.6) is 17.2 Å². The van der Waals surface area contributed by atoms with Crippen LogP contribution in [0.2, 0.25) is 0 Å². The first-order chi connectivity index (χ1) is 11.9. The number of hydrogen-bond acceptors (Lipinski definition) is 5. The second-order valence-corrected chi connectivity index (χ2v) is 5.94. The lowest BCUT2D eigenvalue weighted by molar-refractivity contribution is 0.0733. The third kappa shape index (κ3) is 3.01. The molecule has 0 aliphatic carbocycles. The van der Waals surface area contributed by atoms with E-state index in [2.05, 4.69) is 0 Å². The third-order valence-corrected chi connectivity index (χ3v) is 3.99. The van der Waals surface area contributed by atoms with Gasteiger partial charge in [0.25, 0.3) is 0 Å². The molecule has 0 spiro atoms. The van der Waals surface area contributed by atoms with Gasteiger partial charge < -0.3 is 14.2 Å². The summed E-state index contributed by atoms with van der Waals surface area (Å²) < 4.78 is 16.2. The van der Waals surface area contributed by atoms with Gasteiger partial charge >= 0.3 is 5.97 Å². The van der Waals surface area contributed by atoms with Crippen molar-refractivity contribution in [3.63, 3.8) is 0 Å². The van der Waals surface area contributed by atoms with Crippen molar-refractivity contribution in [2.45, 2.75) is 20.8 Å². The number of carbonyl (C=O) groups excluding carboxylic acids is 2. The Labute approximate surface area is 145 Å². The van der Waals surface area contributed by atoms with Crippen LogP contribution in [0.1, 0.15) is 40.1 Å². The first-order valence-corrected chi connectivity index (χ1v) is 7.82. The molecule has 25 heavy (non-hydrogen) atoms. The van der Waals surface area contributed by atoms with Gasteiger partial charge in [0, 0.05) is 5.56 Å². The number of carbonyl (C=O) groups is 2. The Hall–Kier alpha value is -3.08. The maximum Gasteiger partial charge on any atom is 0.343 e. The number of benzene rings is 2. The number of ketones is 1. The summed E-state index contributed by atoms with van der Waals surface area (Å²) in [5, 5.41) is 0. The molecule has 5 nitrogen and oxygen atoms in total. The monoisotopic (exact) mass is 338 g/mol. The minimum Gasteiger partial charge on any atom is -0.497 e. The molecule has 0 saturated carbocycles.